The second kappa shape index (κ2) is 2.23. The van der Waals surface area contributed by atoms with E-state index in [0.29, 0.717) is 0 Å². The normalized spacial score (nSPS) is 15.3. The first-order valence-corrected chi connectivity index (χ1v) is 4.87. The van der Waals surface area contributed by atoms with Gasteiger partial charge in [0.15, 0.2) is 5.16 Å². The highest BCUT2D eigenvalue weighted by molar-refractivity contribution is 7.99. The lowest BCUT2D eigenvalue weighted by Crippen LogP contribution is -1.91. The molecule has 1 aliphatic heterocycles. The Hall–Kier alpha value is -1.03. The van der Waals surface area contributed by atoms with Crippen molar-refractivity contribution in [1.29, 1.82) is 0 Å². The number of pyridine rings is 1. The number of nitrogens with zero attached hydrogens (tertiary/aromatic N) is 3. The monoisotopic (exact) mass is 177 g/mol. The molecule has 0 saturated carbocycles. The maximum Gasteiger partial charge on any atom is 0.169 e. The molecular formula is C8H7N3S. The number of aromatic nitrogens is 3. The van der Waals surface area contributed by atoms with Crippen LogP contribution in [-0.2, 0) is 6.54 Å². The van der Waals surface area contributed by atoms with Gasteiger partial charge in [-0.2, -0.15) is 0 Å². The molecule has 0 aliphatic carbocycles. The van der Waals surface area contributed by atoms with E-state index >= 15 is 0 Å². The predicted octanol–water partition coefficient (Wildman–Crippen LogP) is 1.54. The van der Waals surface area contributed by atoms with Crippen molar-refractivity contribution in [2.24, 2.45) is 0 Å². The molecule has 3 rings (SSSR count). The van der Waals surface area contributed by atoms with Crippen molar-refractivity contribution in [1.82, 2.24) is 14.5 Å². The van der Waals surface area contributed by atoms with Gasteiger partial charge in [0, 0.05) is 18.5 Å². The molecule has 0 spiro atoms. The molecule has 2 aromatic heterocycles. The molecule has 0 radical (unpaired) electrons. The third-order valence-corrected chi connectivity index (χ3v) is 3.02. The molecule has 0 fully saturated rings. The minimum atomic E-state index is 1.01. The molecular weight excluding hydrogens is 170 g/mol. The van der Waals surface area contributed by atoms with Gasteiger partial charge in [0.2, 0.25) is 0 Å². The summed E-state index contributed by atoms with van der Waals surface area (Å²) in [5.41, 5.74) is 2.23. The van der Waals surface area contributed by atoms with E-state index in [2.05, 4.69) is 14.5 Å². The smallest absolute Gasteiger partial charge is 0.169 e. The molecule has 0 saturated heterocycles. The van der Waals surface area contributed by atoms with Gasteiger partial charge in [0.05, 0.1) is 11.7 Å². The lowest BCUT2D eigenvalue weighted by molar-refractivity contribution is 0.743. The van der Waals surface area contributed by atoms with Gasteiger partial charge in [-0.15, -0.1) is 0 Å². The van der Waals surface area contributed by atoms with Crippen molar-refractivity contribution in [2.45, 2.75) is 11.7 Å². The Morgan fingerprint density at radius 2 is 2.50 bits per heavy atom. The van der Waals surface area contributed by atoms with Crippen LogP contribution < -0.4 is 0 Å². The largest absolute Gasteiger partial charge is 0.318 e. The molecule has 0 bridgehead atoms. The highest BCUT2D eigenvalue weighted by atomic mass is 32.2. The fraction of sp³-hybridized carbons (Fsp3) is 0.250. The van der Waals surface area contributed by atoms with E-state index < -0.39 is 0 Å². The molecule has 0 unspecified atom stereocenters. The quantitative estimate of drug-likeness (QED) is 0.611. The summed E-state index contributed by atoms with van der Waals surface area (Å²) in [6.07, 6.45) is 3.64. The molecule has 0 N–H and O–H groups in total. The number of aryl methyl sites for hydroxylation is 1. The summed E-state index contributed by atoms with van der Waals surface area (Å²) in [6.45, 7) is 1.08. The Bertz CT molecular complexity index is 435. The maximum absolute atomic E-state index is 4.46. The molecule has 2 aromatic rings. The van der Waals surface area contributed by atoms with Crippen LogP contribution in [-0.4, -0.2) is 20.3 Å². The van der Waals surface area contributed by atoms with Crippen LogP contribution in [0.1, 0.15) is 0 Å². The van der Waals surface area contributed by atoms with Gasteiger partial charge in [-0.05, 0) is 6.07 Å². The van der Waals surface area contributed by atoms with Gasteiger partial charge in [-0.1, -0.05) is 11.8 Å². The van der Waals surface area contributed by atoms with E-state index in [4.69, 9.17) is 0 Å². The van der Waals surface area contributed by atoms with Crippen LogP contribution in [0.4, 0.5) is 0 Å². The van der Waals surface area contributed by atoms with E-state index in [0.717, 1.165) is 23.0 Å². The molecule has 12 heavy (non-hydrogen) atoms. The number of fused-ring (bicyclic) bond motifs is 3. The van der Waals surface area contributed by atoms with Crippen LogP contribution in [0.25, 0.3) is 11.0 Å². The molecule has 60 valence electrons. The topological polar surface area (TPSA) is 30.7 Å². The van der Waals surface area contributed by atoms with Crippen molar-refractivity contribution in [3.8, 4) is 0 Å². The fourth-order valence-electron chi connectivity index (χ4n) is 1.51. The average molecular weight is 177 g/mol. The Morgan fingerprint density at radius 3 is 3.50 bits per heavy atom. The predicted molar refractivity (Wildman–Crippen MR) is 48.3 cm³/mol. The van der Waals surface area contributed by atoms with Crippen molar-refractivity contribution < 1.29 is 0 Å². The van der Waals surface area contributed by atoms with Crippen LogP contribution in [0.5, 0.6) is 0 Å². The summed E-state index contributed by atoms with van der Waals surface area (Å²) in [4.78, 5) is 8.50. The van der Waals surface area contributed by atoms with Crippen molar-refractivity contribution in [2.75, 3.05) is 5.75 Å². The second-order valence-corrected chi connectivity index (χ2v) is 3.82. The van der Waals surface area contributed by atoms with Crippen LogP contribution in [0.3, 0.4) is 0 Å². The SMILES string of the molecule is c1cc2c(cn1)nc1n2CCS1. The third-order valence-electron chi connectivity index (χ3n) is 2.06. The van der Waals surface area contributed by atoms with E-state index in [9.17, 15) is 0 Å². The number of imidazole rings is 1. The zero-order valence-electron chi connectivity index (χ0n) is 6.40. The lowest BCUT2D eigenvalue weighted by atomic mass is 10.4. The Labute approximate surface area is 73.8 Å². The number of rotatable bonds is 0. The van der Waals surface area contributed by atoms with Gasteiger partial charge in [0.25, 0.3) is 0 Å². The highest BCUT2D eigenvalue weighted by Gasteiger charge is 2.15. The molecule has 3 nitrogen and oxygen atoms in total. The molecule has 3 heterocycles. The second-order valence-electron chi connectivity index (χ2n) is 2.76. The number of thioether (sulfide) groups is 1. The maximum atomic E-state index is 4.46. The van der Waals surface area contributed by atoms with Gasteiger partial charge in [-0.3, -0.25) is 4.98 Å². The van der Waals surface area contributed by atoms with Crippen molar-refractivity contribution >= 4 is 22.8 Å². The minimum Gasteiger partial charge on any atom is -0.318 e. The van der Waals surface area contributed by atoms with Crippen molar-refractivity contribution in [3.05, 3.63) is 18.5 Å². The van der Waals surface area contributed by atoms with E-state index in [1.165, 1.54) is 5.52 Å². The van der Waals surface area contributed by atoms with E-state index in [1.807, 2.05) is 30.2 Å². The highest BCUT2D eigenvalue weighted by Crippen LogP contribution is 2.28. The zero-order valence-corrected chi connectivity index (χ0v) is 7.21. The number of hydrogen-bond donors (Lipinski definition) is 0. The standard InChI is InChI=1S/C8H7N3S/c1-2-9-5-6-7(1)11-3-4-12-8(11)10-6/h1-2,5H,3-4H2. The summed E-state index contributed by atoms with van der Waals surface area (Å²) >= 11 is 1.82. The summed E-state index contributed by atoms with van der Waals surface area (Å²) in [5.74, 6) is 1.15. The van der Waals surface area contributed by atoms with Crippen LogP contribution in [0.2, 0.25) is 0 Å². The lowest BCUT2D eigenvalue weighted by Gasteiger charge is -1.94. The Balaban J connectivity index is 2.44. The number of hydrogen-bond acceptors (Lipinski definition) is 3. The Kier molecular flexibility index (Phi) is 1.20. The van der Waals surface area contributed by atoms with Crippen molar-refractivity contribution in [3.63, 3.8) is 0 Å². The van der Waals surface area contributed by atoms with E-state index in [1.54, 1.807) is 0 Å². The van der Waals surface area contributed by atoms with E-state index in [-0.39, 0.29) is 0 Å². The molecule has 0 aromatic carbocycles. The fourth-order valence-corrected chi connectivity index (χ4v) is 2.48. The molecule has 0 atom stereocenters. The Morgan fingerprint density at radius 1 is 1.50 bits per heavy atom. The minimum absolute atomic E-state index is 1.01. The summed E-state index contributed by atoms with van der Waals surface area (Å²) < 4.78 is 2.25. The third kappa shape index (κ3) is 0.728. The first-order chi connectivity index (χ1) is 5.95. The van der Waals surface area contributed by atoms with Crippen LogP contribution >= 0.6 is 11.8 Å². The molecule has 0 amide bonds. The van der Waals surface area contributed by atoms with Gasteiger partial charge in [0.1, 0.15) is 5.52 Å². The molecule has 4 heteroatoms. The van der Waals surface area contributed by atoms with Gasteiger partial charge < -0.3 is 4.57 Å². The average Bonchev–Trinajstić information content (AvgIpc) is 2.62. The zero-order chi connectivity index (χ0) is 7.97. The van der Waals surface area contributed by atoms with Gasteiger partial charge in [-0.25, -0.2) is 4.98 Å². The summed E-state index contributed by atoms with van der Waals surface area (Å²) in [7, 11) is 0. The van der Waals surface area contributed by atoms with Crippen LogP contribution in [0, 0.1) is 0 Å². The first-order valence-electron chi connectivity index (χ1n) is 3.88. The molecule has 1 aliphatic rings. The first kappa shape index (κ1) is 6.48. The summed E-state index contributed by atoms with van der Waals surface area (Å²) in [5, 5.41) is 1.14. The van der Waals surface area contributed by atoms with Gasteiger partial charge >= 0.3 is 0 Å². The van der Waals surface area contributed by atoms with Crippen LogP contribution in [0.15, 0.2) is 23.6 Å². The summed E-state index contributed by atoms with van der Waals surface area (Å²) in [6, 6.07) is 2.03.